The summed E-state index contributed by atoms with van der Waals surface area (Å²) in [6.45, 7) is 0.956. The van der Waals surface area contributed by atoms with Crippen LogP contribution in [0.2, 0.25) is 0 Å². The van der Waals surface area contributed by atoms with Crippen molar-refractivity contribution >= 4 is 39.9 Å². The van der Waals surface area contributed by atoms with E-state index in [9.17, 15) is 4.79 Å². The Hall–Kier alpha value is -1.56. The fourth-order valence-corrected chi connectivity index (χ4v) is 2.53. The van der Waals surface area contributed by atoms with Gasteiger partial charge in [-0.05, 0) is 71.0 Å². The maximum atomic E-state index is 12.2. The van der Waals surface area contributed by atoms with Crippen molar-refractivity contribution in [2.75, 3.05) is 17.2 Å². The van der Waals surface area contributed by atoms with E-state index in [-0.39, 0.29) is 5.91 Å². The Morgan fingerprint density at radius 2 is 1.95 bits per heavy atom. The largest absolute Gasteiger partial charge is 0.384 e. The smallest absolute Gasteiger partial charge is 0.255 e. The van der Waals surface area contributed by atoms with Gasteiger partial charge >= 0.3 is 0 Å². The van der Waals surface area contributed by atoms with E-state index in [0.717, 1.165) is 27.9 Å². The number of carbonyl (C=O) groups excluding carboxylic acids is 1. The van der Waals surface area contributed by atoms with Gasteiger partial charge in [0.05, 0.1) is 0 Å². The molecule has 0 radical (unpaired) electrons. The van der Waals surface area contributed by atoms with Crippen LogP contribution in [0, 0.1) is 3.57 Å². The summed E-state index contributed by atoms with van der Waals surface area (Å²) < 4.78 is 1.15. The monoisotopic (exact) mass is 364 g/mol. The third kappa shape index (κ3) is 2.73. The van der Waals surface area contributed by atoms with Gasteiger partial charge in [0, 0.05) is 27.1 Å². The molecule has 0 spiro atoms. The Labute approximate surface area is 125 Å². The van der Waals surface area contributed by atoms with Crippen molar-refractivity contribution in [2.45, 2.75) is 6.42 Å². The molecule has 1 amide bonds. The Morgan fingerprint density at radius 1 is 1.16 bits per heavy atom. The van der Waals surface area contributed by atoms with E-state index in [1.54, 1.807) is 0 Å². The van der Waals surface area contributed by atoms with Crippen molar-refractivity contribution < 1.29 is 4.79 Å². The summed E-state index contributed by atoms with van der Waals surface area (Å²) in [4.78, 5) is 12.2. The summed E-state index contributed by atoms with van der Waals surface area (Å²) in [5.41, 5.74) is 3.87. The molecule has 3 rings (SSSR count). The first-order chi connectivity index (χ1) is 9.22. The molecule has 19 heavy (non-hydrogen) atoms. The molecule has 0 bridgehead atoms. The predicted octanol–water partition coefficient (Wildman–Crippen LogP) is 3.51. The van der Waals surface area contributed by atoms with E-state index >= 15 is 0 Å². The second kappa shape index (κ2) is 5.21. The molecule has 96 valence electrons. The van der Waals surface area contributed by atoms with Crippen molar-refractivity contribution in [3.05, 3.63) is 57.2 Å². The molecule has 1 heterocycles. The number of fused-ring (bicyclic) bond motifs is 1. The molecule has 0 fully saturated rings. The first-order valence-corrected chi connectivity index (χ1v) is 7.24. The molecule has 0 saturated carbocycles. The highest BCUT2D eigenvalue weighted by molar-refractivity contribution is 14.1. The Bertz CT molecular complexity index is 623. The van der Waals surface area contributed by atoms with Crippen LogP contribution in [0.15, 0.2) is 42.5 Å². The SMILES string of the molecule is O=C(Nc1ccc(I)cc1)c1ccc2c(c1)NCC2. The molecule has 0 saturated heterocycles. The maximum absolute atomic E-state index is 12.2. The minimum absolute atomic E-state index is 0.0716. The topological polar surface area (TPSA) is 41.1 Å². The van der Waals surface area contributed by atoms with Crippen LogP contribution in [0.3, 0.4) is 0 Å². The number of hydrogen-bond acceptors (Lipinski definition) is 2. The summed E-state index contributed by atoms with van der Waals surface area (Å²) in [6.07, 6.45) is 1.04. The molecular weight excluding hydrogens is 351 g/mol. The lowest BCUT2D eigenvalue weighted by Gasteiger charge is -2.07. The van der Waals surface area contributed by atoms with Crippen molar-refractivity contribution in [3.63, 3.8) is 0 Å². The Kier molecular flexibility index (Phi) is 3.42. The molecule has 1 aliphatic heterocycles. The Morgan fingerprint density at radius 3 is 2.74 bits per heavy atom. The van der Waals surface area contributed by atoms with Gasteiger partial charge in [0.15, 0.2) is 0 Å². The number of amides is 1. The maximum Gasteiger partial charge on any atom is 0.255 e. The number of nitrogens with one attached hydrogen (secondary N) is 2. The van der Waals surface area contributed by atoms with Crippen LogP contribution in [0.4, 0.5) is 11.4 Å². The van der Waals surface area contributed by atoms with Gasteiger partial charge < -0.3 is 10.6 Å². The van der Waals surface area contributed by atoms with Crippen LogP contribution in [0.25, 0.3) is 0 Å². The highest BCUT2D eigenvalue weighted by atomic mass is 127. The summed E-state index contributed by atoms with van der Waals surface area (Å²) in [5, 5.41) is 6.19. The van der Waals surface area contributed by atoms with E-state index in [2.05, 4.69) is 33.2 Å². The lowest BCUT2D eigenvalue weighted by atomic mass is 10.1. The first kappa shape index (κ1) is 12.5. The minimum atomic E-state index is -0.0716. The molecule has 4 heteroatoms. The summed E-state index contributed by atoms with van der Waals surface area (Å²) >= 11 is 2.24. The number of anilines is 2. The lowest BCUT2D eigenvalue weighted by Crippen LogP contribution is -2.12. The zero-order valence-electron chi connectivity index (χ0n) is 10.2. The quantitative estimate of drug-likeness (QED) is 0.801. The van der Waals surface area contributed by atoms with Gasteiger partial charge in [0.25, 0.3) is 5.91 Å². The van der Waals surface area contributed by atoms with Gasteiger partial charge in [0.1, 0.15) is 0 Å². The van der Waals surface area contributed by atoms with Gasteiger partial charge in [0.2, 0.25) is 0 Å². The number of rotatable bonds is 2. The van der Waals surface area contributed by atoms with E-state index in [0.29, 0.717) is 5.56 Å². The van der Waals surface area contributed by atoms with Crippen molar-refractivity contribution in [1.29, 1.82) is 0 Å². The molecule has 1 aliphatic rings. The van der Waals surface area contributed by atoms with Gasteiger partial charge in [-0.25, -0.2) is 0 Å². The molecule has 0 atom stereocenters. The molecule has 2 aromatic carbocycles. The zero-order valence-corrected chi connectivity index (χ0v) is 12.4. The second-order valence-corrected chi connectivity index (χ2v) is 5.76. The molecule has 0 aromatic heterocycles. The fraction of sp³-hybridized carbons (Fsp3) is 0.133. The van der Waals surface area contributed by atoms with Crippen molar-refractivity contribution in [3.8, 4) is 0 Å². The van der Waals surface area contributed by atoms with E-state index < -0.39 is 0 Å². The van der Waals surface area contributed by atoms with Crippen LogP contribution >= 0.6 is 22.6 Å². The fourth-order valence-electron chi connectivity index (χ4n) is 2.17. The zero-order chi connectivity index (χ0) is 13.2. The van der Waals surface area contributed by atoms with Crippen molar-refractivity contribution in [1.82, 2.24) is 0 Å². The van der Waals surface area contributed by atoms with Crippen LogP contribution in [-0.2, 0) is 6.42 Å². The third-order valence-electron chi connectivity index (χ3n) is 3.18. The average molecular weight is 364 g/mol. The highest BCUT2D eigenvalue weighted by Gasteiger charge is 2.13. The molecule has 0 aliphatic carbocycles. The summed E-state index contributed by atoms with van der Waals surface area (Å²) in [5.74, 6) is -0.0716. The average Bonchev–Trinajstić information content (AvgIpc) is 2.88. The number of halogens is 1. The van der Waals surface area contributed by atoms with E-state index in [4.69, 9.17) is 0 Å². The van der Waals surface area contributed by atoms with Gasteiger partial charge in [-0.2, -0.15) is 0 Å². The Balaban J connectivity index is 1.78. The van der Waals surface area contributed by atoms with Gasteiger partial charge in [-0.1, -0.05) is 6.07 Å². The van der Waals surface area contributed by atoms with E-state index in [1.807, 2.05) is 42.5 Å². The first-order valence-electron chi connectivity index (χ1n) is 6.16. The lowest BCUT2D eigenvalue weighted by molar-refractivity contribution is 0.102. The molecule has 2 N–H and O–H groups in total. The molecule has 3 nitrogen and oxygen atoms in total. The third-order valence-corrected chi connectivity index (χ3v) is 3.90. The number of hydrogen-bond donors (Lipinski definition) is 2. The number of carbonyl (C=O) groups is 1. The summed E-state index contributed by atoms with van der Waals surface area (Å²) in [6, 6.07) is 13.6. The molecule has 2 aromatic rings. The normalized spacial score (nSPS) is 12.7. The van der Waals surface area contributed by atoms with Crippen LogP contribution < -0.4 is 10.6 Å². The van der Waals surface area contributed by atoms with Crippen molar-refractivity contribution in [2.24, 2.45) is 0 Å². The standard InChI is InChI=1S/C15H13IN2O/c16-12-3-5-13(6-4-12)18-15(19)11-2-1-10-7-8-17-14(10)9-11/h1-6,9,17H,7-8H2,(H,18,19). The molecule has 0 unspecified atom stereocenters. The van der Waals surface area contributed by atoms with Crippen LogP contribution in [-0.4, -0.2) is 12.5 Å². The molecular formula is C15H13IN2O. The van der Waals surface area contributed by atoms with Gasteiger partial charge in [-0.15, -0.1) is 0 Å². The summed E-state index contributed by atoms with van der Waals surface area (Å²) in [7, 11) is 0. The van der Waals surface area contributed by atoms with Crippen LogP contribution in [0.1, 0.15) is 15.9 Å². The number of benzene rings is 2. The minimum Gasteiger partial charge on any atom is -0.384 e. The second-order valence-electron chi connectivity index (χ2n) is 4.51. The van der Waals surface area contributed by atoms with Crippen LogP contribution in [0.5, 0.6) is 0 Å². The predicted molar refractivity (Wildman–Crippen MR) is 85.7 cm³/mol. The van der Waals surface area contributed by atoms with E-state index in [1.165, 1.54) is 5.56 Å². The highest BCUT2D eigenvalue weighted by Crippen LogP contribution is 2.23. The van der Waals surface area contributed by atoms with Gasteiger partial charge in [-0.3, -0.25) is 4.79 Å².